The van der Waals surface area contributed by atoms with Crippen LogP contribution in [-0.4, -0.2) is 12.6 Å². The fraction of sp³-hybridized carbons (Fsp3) is 0.333. The van der Waals surface area contributed by atoms with Crippen LogP contribution >= 0.6 is 0 Å². The van der Waals surface area contributed by atoms with E-state index < -0.39 is 0 Å². The van der Waals surface area contributed by atoms with Crippen molar-refractivity contribution in [2.45, 2.75) is 32.2 Å². The second-order valence-corrected chi connectivity index (χ2v) is 5.32. The molecule has 2 heteroatoms. The second-order valence-electron chi connectivity index (χ2n) is 5.32. The van der Waals surface area contributed by atoms with Crippen molar-refractivity contribution in [1.29, 1.82) is 0 Å². The summed E-state index contributed by atoms with van der Waals surface area (Å²) < 4.78 is 5.57. The van der Waals surface area contributed by atoms with Crippen LogP contribution in [0.5, 0.6) is 5.75 Å². The average Bonchev–Trinajstić information content (AvgIpc) is 2.48. The van der Waals surface area contributed by atoms with E-state index in [1.165, 1.54) is 29.7 Å². The summed E-state index contributed by atoms with van der Waals surface area (Å²) in [5.74, 6) is 0.973. The summed E-state index contributed by atoms with van der Waals surface area (Å²) >= 11 is 0. The van der Waals surface area contributed by atoms with Crippen molar-refractivity contribution in [1.82, 2.24) is 0 Å². The molecular formula is C18H21NO. The van der Waals surface area contributed by atoms with Crippen molar-refractivity contribution in [3.8, 4) is 5.75 Å². The van der Waals surface area contributed by atoms with Crippen molar-refractivity contribution >= 4 is 5.69 Å². The van der Waals surface area contributed by atoms with Crippen molar-refractivity contribution in [3.63, 3.8) is 0 Å². The SMILES string of the molecule is CCOc1cccc(CC2CCc3ccccc3N2)c1. The first kappa shape index (κ1) is 13.0. The van der Waals surface area contributed by atoms with E-state index in [1.807, 2.05) is 13.0 Å². The van der Waals surface area contributed by atoms with Crippen molar-refractivity contribution in [2.75, 3.05) is 11.9 Å². The molecule has 1 aliphatic rings. The predicted molar refractivity (Wildman–Crippen MR) is 83.5 cm³/mol. The summed E-state index contributed by atoms with van der Waals surface area (Å²) in [6.45, 7) is 2.74. The van der Waals surface area contributed by atoms with Gasteiger partial charge in [0.05, 0.1) is 6.61 Å². The Morgan fingerprint density at radius 3 is 2.95 bits per heavy atom. The maximum atomic E-state index is 5.57. The van der Waals surface area contributed by atoms with Crippen LogP contribution in [0.25, 0.3) is 0 Å². The summed E-state index contributed by atoms with van der Waals surface area (Å²) in [5, 5.41) is 3.66. The zero-order valence-corrected chi connectivity index (χ0v) is 11.9. The van der Waals surface area contributed by atoms with Gasteiger partial charge in [0.15, 0.2) is 0 Å². The van der Waals surface area contributed by atoms with Crippen LogP contribution in [0.2, 0.25) is 0 Å². The molecule has 0 fully saturated rings. The molecule has 1 N–H and O–H groups in total. The van der Waals surface area contributed by atoms with Gasteiger partial charge in [-0.1, -0.05) is 30.3 Å². The molecule has 2 aromatic rings. The molecule has 0 amide bonds. The third-order valence-electron chi connectivity index (χ3n) is 3.83. The van der Waals surface area contributed by atoms with E-state index in [0.29, 0.717) is 6.04 Å². The third kappa shape index (κ3) is 2.96. The molecular weight excluding hydrogens is 246 g/mol. The van der Waals surface area contributed by atoms with Crippen molar-refractivity contribution in [3.05, 3.63) is 59.7 Å². The zero-order valence-electron chi connectivity index (χ0n) is 11.9. The smallest absolute Gasteiger partial charge is 0.119 e. The highest BCUT2D eigenvalue weighted by atomic mass is 16.5. The van der Waals surface area contributed by atoms with Crippen LogP contribution < -0.4 is 10.1 Å². The summed E-state index contributed by atoms with van der Waals surface area (Å²) in [7, 11) is 0. The fourth-order valence-electron chi connectivity index (χ4n) is 2.87. The highest BCUT2D eigenvalue weighted by Crippen LogP contribution is 2.26. The number of hydrogen-bond acceptors (Lipinski definition) is 2. The quantitative estimate of drug-likeness (QED) is 0.902. The highest BCUT2D eigenvalue weighted by Gasteiger charge is 2.17. The monoisotopic (exact) mass is 267 g/mol. The molecule has 0 saturated carbocycles. The van der Waals surface area contributed by atoms with Crippen molar-refractivity contribution in [2.24, 2.45) is 0 Å². The van der Waals surface area contributed by atoms with Crippen LogP contribution in [0.1, 0.15) is 24.5 Å². The molecule has 0 saturated heterocycles. The van der Waals surface area contributed by atoms with Gasteiger partial charge in [0, 0.05) is 11.7 Å². The van der Waals surface area contributed by atoms with Crippen molar-refractivity contribution < 1.29 is 4.74 Å². The Bertz CT molecular complexity index is 579. The number of aryl methyl sites for hydroxylation is 1. The zero-order chi connectivity index (χ0) is 13.8. The summed E-state index contributed by atoms with van der Waals surface area (Å²) in [6.07, 6.45) is 3.41. The lowest BCUT2D eigenvalue weighted by molar-refractivity contribution is 0.340. The third-order valence-corrected chi connectivity index (χ3v) is 3.83. The van der Waals surface area contributed by atoms with Gasteiger partial charge in [0.25, 0.3) is 0 Å². The first-order chi connectivity index (χ1) is 9.85. The van der Waals surface area contributed by atoms with Crippen LogP contribution in [0.4, 0.5) is 5.69 Å². The molecule has 20 heavy (non-hydrogen) atoms. The molecule has 0 radical (unpaired) electrons. The number of rotatable bonds is 4. The van der Waals surface area contributed by atoms with E-state index in [9.17, 15) is 0 Å². The van der Waals surface area contributed by atoms with Gasteiger partial charge in [-0.15, -0.1) is 0 Å². The second kappa shape index (κ2) is 6.00. The Balaban J connectivity index is 1.69. The average molecular weight is 267 g/mol. The van der Waals surface area contributed by atoms with E-state index in [1.54, 1.807) is 0 Å². The van der Waals surface area contributed by atoms with Crippen LogP contribution in [-0.2, 0) is 12.8 Å². The van der Waals surface area contributed by atoms with Gasteiger partial charge < -0.3 is 10.1 Å². The summed E-state index contributed by atoms with van der Waals surface area (Å²) in [5.41, 5.74) is 4.07. The number of ether oxygens (including phenoxy) is 1. The lowest BCUT2D eigenvalue weighted by Gasteiger charge is -2.27. The van der Waals surface area contributed by atoms with E-state index in [4.69, 9.17) is 4.74 Å². The lowest BCUT2D eigenvalue weighted by atomic mass is 9.94. The number of fused-ring (bicyclic) bond motifs is 1. The Hall–Kier alpha value is -1.96. The molecule has 1 unspecified atom stereocenters. The number of benzene rings is 2. The van der Waals surface area contributed by atoms with E-state index >= 15 is 0 Å². The minimum atomic E-state index is 0.516. The number of anilines is 1. The van der Waals surface area contributed by atoms with Gasteiger partial charge in [-0.3, -0.25) is 0 Å². The van der Waals surface area contributed by atoms with Gasteiger partial charge in [-0.05, 0) is 55.5 Å². The molecule has 0 aliphatic carbocycles. The summed E-state index contributed by atoms with van der Waals surface area (Å²) in [6, 6.07) is 17.6. The maximum Gasteiger partial charge on any atom is 0.119 e. The normalized spacial score (nSPS) is 17.1. The Labute approximate surface area is 120 Å². The maximum absolute atomic E-state index is 5.57. The predicted octanol–water partition coefficient (Wildman–Crippen LogP) is 4.05. The topological polar surface area (TPSA) is 21.3 Å². The standard InChI is InChI=1S/C18H21NO/c1-2-20-17-8-5-6-14(13-17)12-16-11-10-15-7-3-4-9-18(15)19-16/h3-9,13,16,19H,2,10-12H2,1H3. The largest absolute Gasteiger partial charge is 0.494 e. The van der Waals surface area contributed by atoms with Gasteiger partial charge in [0.1, 0.15) is 5.75 Å². The van der Waals surface area contributed by atoms with Crippen LogP contribution in [0, 0.1) is 0 Å². The first-order valence-corrected chi connectivity index (χ1v) is 7.41. The first-order valence-electron chi connectivity index (χ1n) is 7.41. The van der Waals surface area contributed by atoms with Crippen LogP contribution in [0.3, 0.4) is 0 Å². The Morgan fingerprint density at radius 2 is 2.05 bits per heavy atom. The Kier molecular flexibility index (Phi) is 3.91. The number of para-hydroxylation sites is 1. The van der Waals surface area contributed by atoms with E-state index in [2.05, 4.69) is 47.8 Å². The molecule has 0 spiro atoms. The minimum absolute atomic E-state index is 0.516. The molecule has 1 aliphatic heterocycles. The fourth-order valence-corrected chi connectivity index (χ4v) is 2.87. The molecule has 2 aromatic carbocycles. The van der Waals surface area contributed by atoms with E-state index in [-0.39, 0.29) is 0 Å². The molecule has 1 atom stereocenters. The molecule has 0 aromatic heterocycles. The highest BCUT2D eigenvalue weighted by molar-refractivity contribution is 5.54. The van der Waals surface area contributed by atoms with Crippen LogP contribution in [0.15, 0.2) is 48.5 Å². The van der Waals surface area contributed by atoms with Gasteiger partial charge in [-0.2, -0.15) is 0 Å². The van der Waals surface area contributed by atoms with Gasteiger partial charge in [-0.25, -0.2) is 0 Å². The molecule has 1 heterocycles. The molecule has 2 nitrogen and oxygen atoms in total. The molecule has 3 rings (SSSR count). The number of nitrogens with one attached hydrogen (secondary N) is 1. The van der Waals surface area contributed by atoms with Gasteiger partial charge >= 0.3 is 0 Å². The molecule has 104 valence electrons. The minimum Gasteiger partial charge on any atom is -0.494 e. The number of hydrogen-bond donors (Lipinski definition) is 1. The van der Waals surface area contributed by atoms with Gasteiger partial charge in [0.2, 0.25) is 0 Å². The van der Waals surface area contributed by atoms with E-state index in [0.717, 1.165) is 18.8 Å². The lowest BCUT2D eigenvalue weighted by Crippen LogP contribution is -2.27. The summed E-state index contributed by atoms with van der Waals surface area (Å²) in [4.78, 5) is 0. The Morgan fingerprint density at radius 1 is 1.15 bits per heavy atom. The molecule has 0 bridgehead atoms.